The maximum atomic E-state index is 12.7. The number of hydrogen-bond donors (Lipinski definition) is 2. The Kier molecular flexibility index (Phi) is 2.47. The minimum atomic E-state index is -3.95. The Morgan fingerprint density at radius 2 is 1.92 bits per heavy atom. The van der Waals surface area contributed by atoms with Gasteiger partial charge >= 0.3 is 0 Å². The Balaban J connectivity index is 3.50. The van der Waals surface area contributed by atoms with Crippen LogP contribution in [0.2, 0.25) is 5.02 Å². The molecule has 0 heterocycles. The summed E-state index contributed by atoms with van der Waals surface area (Å²) in [5.74, 6) is -0.780. The summed E-state index contributed by atoms with van der Waals surface area (Å²) in [7, 11) is -3.95. The molecule has 13 heavy (non-hydrogen) atoms. The lowest BCUT2D eigenvalue weighted by atomic mass is 10.3. The Morgan fingerprint density at radius 1 is 1.38 bits per heavy atom. The molecule has 0 aliphatic heterocycles. The van der Waals surface area contributed by atoms with Gasteiger partial charge in [-0.25, -0.2) is 17.9 Å². The molecular weight excluding hydrogens is 219 g/mol. The summed E-state index contributed by atoms with van der Waals surface area (Å²) in [5.41, 5.74) is 4.82. The van der Waals surface area contributed by atoms with E-state index in [1.54, 1.807) is 0 Å². The van der Waals surface area contributed by atoms with Crippen LogP contribution in [0.15, 0.2) is 17.0 Å². The Bertz CT molecular complexity index is 446. The molecule has 0 bridgehead atoms. The molecule has 0 saturated carbocycles. The van der Waals surface area contributed by atoms with Crippen molar-refractivity contribution in [3.63, 3.8) is 0 Å². The van der Waals surface area contributed by atoms with Crippen molar-refractivity contribution in [1.29, 1.82) is 0 Å². The number of nitrogens with two attached hydrogens (primary N) is 2. The highest BCUT2D eigenvalue weighted by Crippen LogP contribution is 2.24. The predicted molar refractivity (Wildman–Crippen MR) is 47.2 cm³/mol. The summed E-state index contributed by atoms with van der Waals surface area (Å²) in [6, 6.07) is 1.68. The van der Waals surface area contributed by atoms with Crippen LogP contribution in [0, 0.1) is 5.82 Å². The zero-order valence-corrected chi connectivity index (χ0v) is 7.86. The number of rotatable bonds is 1. The first kappa shape index (κ1) is 10.2. The van der Waals surface area contributed by atoms with Gasteiger partial charge in [0.2, 0.25) is 10.0 Å². The van der Waals surface area contributed by atoms with Gasteiger partial charge in [0.1, 0.15) is 10.7 Å². The molecule has 0 aromatic heterocycles. The molecule has 0 spiro atoms. The fraction of sp³-hybridized carbons (Fsp3) is 0. The molecule has 4 N–H and O–H groups in total. The fourth-order valence-electron chi connectivity index (χ4n) is 0.763. The molecule has 0 aliphatic rings. The van der Waals surface area contributed by atoms with Gasteiger partial charge < -0.3 is 5.73 Å². The molecule has 4 nitrogen and oxygen atoms in total. The Hall–Kier alpha value is -0.850. The van der Waals surface area contributed by atoms with Crippen LogP contribution in [0.1, 0.15) is 0 Å². The third-order valence-corrected chi connectivity index (χ3v) is 2.73. The molecule has 1 aromatic carbocycles. The van der Waals surface area contributed by atoms with Crippen LogP contribution in [0.5, 0.6) is 0 Å². The number of primary sulfonamides is 1. The molecular formula is C6H6ClFN2O2S. The van der Waals surface area contributed by atoms with Gasteiger partial charge in [0, 0.05) is 0 Å². The second-order valence-electron chi connectivity index (χ2n) is 2.35. The summed E-state index contributed by atoms with van der Waals surface area (Å²) in [6.07, 6.45) is 0. The highest BCUT2D eigenvalue weighted by Gasteiger charge is 2.15. The molecule has 0 atom stereocenters. The highest BCUT2D eigenvalue weighted by molar-refractivity contribution is 7.89. The molecule has 0 fully saturated rings. The minimum absolute atomic E-state index is 0.283. The van der Waals surface area contributed by atoms with E-state index in [0.717, 1.165) is 12.1 Å². The monoisotopic (exact) mass is 224 g/mol. The van der Waals surface area contributed by atoms with E-state index in [9.17, 15) is 12.8 Å². The summed E-state index contributed by atoms with van der Waals surface area (Å²) in [5, 5.41) is 4.50. The fourth-order valence-corrected chi connectivity index (χ4v) is 1.86. The van der Waals surface area contributed by atoms with E-state index in [4.69, 9.17) is 22.5 Å². The van der Waals surface area contributed by atoms with Crippen LogP contribution in [0.25, 0.3) is 0 Å². The van der Waals surface area contributed by atoms with Crippen LogP contribution in [0.3, 0.4) is 0 Å². The number of halogens is 2. The summed E-state index contributed by atoms with van der Waals surface area (Å²) in [4.78, 5) is -0.381. The molecule has 0 unspecified atom stereocenters. The summed E-state index contributed by atoms with van der Waals surface area (Å²) >= 11 is 5.43. The normalized spacial score (nSPS) is 11.6. The highest BCUT2D eigenvalue weighted by atomic mass is 35.5. The van der Waals surface area contributed by atoms with Crippen LogP contribution in [-0.4, -0.2) is 8.42 Å². The van der Waals surface area contributed by atoms with E-state index >= 15 is 0 Å². The van der Waals surface area contributed by atoms with Crippen molar-refractivity contribution in [2.45, 2.75) is 4.90 Å². The molecule has 0 saturated heterocycles. The molecule has 72 valence electrons. The number of hydrogen-bond acceptors (Lipinski definition) is 3. The Morgan fingerprint density at radius 3 is 2.38 bits per heavy atom. The van der Waals surface area contributed by atoms with Crippen molar-refractivity contribution in [3.05, 3.63) is 23.0 Å². The van der Waals surface area contributed by atoms with Gasteiger partial charge in [0.15, 0.2) is 0 Å². The molecule has 7 heteroatoms. The third-order valence-electron chi connectivity index (χ3n) is 1.36. The van der Waals surface area contributed by atoms with E-state index < -0.39 is 15.8 Å². The first-order valence-electron chi connectivity index (χ1n) is 3.09. The van der Waals surface area contributed by atoms with E-state index in [1.165, 1.54) is 0 Å². The van der Waals surface area contributed by atoms with Crippen LogP contribution >= 0.6 is 11.6 Å². The SMILES string of the molecule is Nc1cc(S(N)(=O)=O)c(Cl)cc1F. The van der Waals surface area contributed by atoms with Gasteiger partial charge in [-0.3, -0.25) is 0 Å². The molecule has 1 rings (SSSR count). The second-order valence-corrected chi connectivity index (χ2v) is 4.29. The van der Waals surface area contributed by atoms with E-state index in [2.05, 4.69) is 0 Å². The topological polar surface area (TPSA) is 86.2 Å². The average molecular weight is 225 g/mol. The Labute approximate surface area is 79.3 Å². The van der Waals surface area contributed by atoms with E-state index in [-0.39, 0.29) is 15.6 Å². The number of sulfonamides is 1. The van der Waals surface area contributed by atoms with Gasteiger partial charge in [-0.2, -0.15) is 0 Å². The lowest BCUT2D eigenvalue weighted by Gasteiger charge is -2.03. The molecule has 0 aliphatic carbocycles. The standard InChI is InChI=1S/C6H6ClFN2O2S/c7-3-1-4(8)5(9)2-6(3)13(10,11)12/h1-2H,9H2,(H2,10,11,12). The smallest absolute Gasteiger partial charge is 0.239 e. The van der Waals surface area contributed by atoms with Gasteiger partial charge in [-0.1, -0.05) is 11.6 Å². The maximum absolute atomic E-state index is 12.7. The van der Waals surface area contributed by atoms with Crippen molar-refractivity contribution in [2.75, 3.05) is 5.73 Å². The first-order chi connectivity index (χ1) is 5.82. The molecule has 1 aromatic rings. The van der Waals surface area contributed by atoms with Gasteiger partial charge in [0.05, 0.1) is 10.7 Å². The minimum Gasteiger partial charge on any atom is -0.396 e. The zero-order chi connectivity index (χ0) is 10.2. The van der Waals surface area contributed by atoms with Gasteiger partial charge in [-0.05, 0) is 12.1 Å². The summed E-state index contributed by atoms with van der Waals surface area (Å²) < 4.78 is 34.4. The lowest BCUT2D eigenvalue weighted by molar-refractivity contribution is 0.597. The van der Waals surface area contributed by atoms with Crippen molar-refractivity contribution < 1.29 is 12.8 Å². The van der Waals surface area contributed by atoms with Crippen LogP contribution in [-0.2, 0) is 10.0 Å². The van der Waals surface area contributed by atoms with E-state index in [1.807, 2.05) is 0 Å². The van der Waals surface area contributed by atoms with Crippen molar-refractivity contribution >= 4 is 27.3 Å². The van der Waals surface area contributed by atoms with Crippen molar-refractivity contribution in [2.24, 2.45) is 5.14 Å². The predicted octanol–water partition coefficient (Wildman–Crippen LogP) is 0.709. The van der Waals surface area contributed by atoms with E-state index in [0.29, 0.717) is 0 Å². The summed E-state index contributed by atoms with van der Waals surface area (Å²) in [6.45, 7) is 0. The largest absolute Gasteiger partial charge is 0.396 e. The second kappa shape index (κ2) is 3.13. The maximum Gasteiger partial charge on any atom is 0.239 e. The molecule has 0 radical (unpaired) electrons. The zero-order valence-electron chi connectivity index (χ0n) is 6.29. The van der Waals surface area contributed by atoms with Crippen molar-refractivity contribution in [1.82, 2.24) is 0 Å². The molecule has 0 amide bonds. The van der Waals surface area contributed by atoms with Crippen LogP contribution < -0.4 is 10.9 Å². The van der Waals surface area contributed by atoms with Gasteiger partial charge in [0.25, 0.3) is 0 Å². The third kappa shape index (κ3) is 2.09. The lowest BCUT2D eigenvalue weighted by Crippen LogP contribution is -2.13. The number of nitrogen functional groups attached to an aromatic ring is 1. The number of benzene rings is 1. The van der Waals surface area contributed by atoms with Gasteiger partial charge in [-0.15, -0.1) is 0 Å². The van der Waals surface area contributed by atoms with Crippen LogP contribution in [0.4, 0.5) is 10.1 Å². The average Bonchev–Trinajstić information content (AvgIpc) is 1.94. The first-order valence-corrected chi connectivity index (χ1v) is 5.02. The number of anilines is 1. The quantitative estimate of drug-likeness (QED) is 0.689. The van der Waals surface area contributed by atoms with Crippen molar-refractivity contribution in [3.8, 4) is 0 Å².